The van der Waals surface area contributed by atoms with Crippen LogP contribution in [-0.2, 0) is 11.2 Å². The summed E-state index contributed by atoms with van der Waals surface area (Å²) in [6, 6.07) is 0.410. The van der Waals surface area contributed by atoms with Crippen molar-refractivity contribution in [3.05, 3.63) is 18.0 Å². The lowest BCUT2D eigenvalue weighted by Crippen LogP contribution is -2.45. The molecule has 5 heteroatoms. The summed E-state index contributed by atoms with van der Waals surface area (Å²) in [4.78, 5) is 22.7. The second-order valence-electron chi connectivity index (χ2n) is 7.19. The van der Waals surface area contributed by atoms with Crippen LogP contribution in [0, 0.1) is 5.41 Å². The first-order valence-electron chi connectivity index (χ1n) is 8.13. The van der Waals surface area contributed by atoms with Crippen LogP contribution in [0.5, 0.6) is 6.01 Å². The third-order valence-corrected chi connectivity index (χ3v) is 3.77. The van der Waals surface area contributed by atoms with Crippen LogP contribution in [-0.4, -0.2) is 40.0 Å². The number of hydrogen-bond acceptors (Lipinski definition) is 4. The van der Waals surface area contributed by atoms with E-state index in [1.54, 1.807) is 12.4 Å². The maximum Gasteiger partial charge on any atom is 0.316 e. The van der Waals surface area contributed by atoms with Gasteiger partial charge in [0.1, 0.15) is 6.10 Å². The zero-order valence-electron chi connectivity index (χ0n) is 14.1. The molecule has 1 fully saturated rings. The molecule has 1 unspecified atom stereocenters. The van der Waals surface area contributed by atoms with Crippen molar-refractivity contribution >= 4 is 5.91 Å². The van der Waals surface area contributed by atoms with Crippen LogP contribution in [0.3, 0.4) is 0 Å². The quantitative estimate of drug-likeness (QED) is 0.858. The zero-order valence-corrected chi connectivity index (χ0v) is 14.1. The highest BCUT2D eigenvalue weighted by molar-refractivity contribution is 5.76. The molecule has 122 valence electrons. The van der Waals surface area contributed by atoms with Crippen molar-refractivity contribution in [3.8, 4) is 6.01 Å². The minimum atomic E-state index is -0.00913. The van der Waals surface area contributed by atoms with Crippen LogP contribution in [0.1, 0.15) is 52.5 Å². The van der Waals surface area contributed by atoms with Crippen molar-refractivity contribution < 1.29 is 9.53 Å². The van der Waals surface area contributed by atoms with Crippen LogP contribution in [0.25, 0.3) is 0 Å². The molecule has 1 amide bonds. The molecule has 22 heavy (non-hydrogen) atoms. The van der Waals surface area contributed by atoms with E-state index in [1.165, 1.54) is 0 Å². The molecule has 1 aromatic heterocycles. The molecule has 1 atom stereocenters. The third kappa shape index (κ3) is 4.97. The smallest absolute Gasteiger partial charge is 0.316 e. The van der Waals surface area contributed by atoms with Gasteiger partial charge in [0.25, 0.3) is 0 Å². The maximum absolute atomic E-state index is 12.3. The standard InChI is InChI=1S/C17H27N3O2/c1-5-13-10-18-16(19-11-13)22-14-7-6-8-20(12-14)15(21)9-17(2,3)4/h10-11,14H,5-9,12H2,1-4H3. The average Bonchev–Trinajstić information content (AvgIpc) is 2.46. The first-order valence-corrected chi connectivity index (χ1v) is 8.13. The highest BCUT2D eigenvalue weighted by Crippen LogP contribution is 2.22. The Morgan fingerprint density at radius 3 is 2.64 bits per heavy atom. The molecule has 0 aromatic carbocycles. The second-order valence-corrected chi connectivity index (χ2v) is 7.19. The van der Waals surface area contributed by atoms with Crippen LogP contribution < -0.4 is 4.74 Å². The van der Waals surface area contributed by atoms with Gasteiger partial charge in [0, 0.05) is 25.4 Å². The topological polar surface area (TPSA) is 55.3 Å². The molecular formula is C17H27N3O2. The Bertz CT molecular complexity index is 494. The minimum Gasteiger partial charge on any atom is -0.458 e. The van der Waals surface area contributed by atoms with Gasteiger partial charge in [-0.25, -0.2) is 9.97 Å². The van der Waals surface area contributed by atoms with E-state index >= 15 is 0 Å². The molecule has 0 aliphatic carbocycles. The Balaban J connectivity index is 1.91. The molecule has 0 bridgehead atoms. The monoisotopic (exact) mass is 305 g/mol. The lowest BCUT2D eigenvalue weighted by Gasteiger charge is -2.34. The number of aromatic nitrogens is 2. The fourth-order valence-corrected chi connectivity index (χ4v) is 2.56. The van der Waals surface area contributed by atoms with Gasteiger partial charge in [0.2, 0.25) is 5.91 Å². The summed E-state index contributed by atoms with van der Waals surface area (Å²) in [5.74, 6) is 0.211. The molecule has 1 aromatic rings. The largest absolute Gasteiger partial charge is 0.458 e. The third-order valence-electron chi connectivity index (χ3n) is 3.77. The van der Waals surface area contributed by atoms with Crippen molar-refractivity contribution in [2.45, 2.75) is 59.5 Å². The average molecular weight is 305 g/mol. The van der Waals surface area contributed by atoms with Crippen LogP contribution in [0.4, 0.5) is 0 Å². The van der Waals surface area contributed by atoms with E-state index in [9.17, 15) is 4.79 Å². The van der Waals surface area contributed by atoms with Gasteiger partial charge < -0.3 is 9.64 Å². The second kappa shape index (κ2) is 7.07. The van der Waals surface area contributed by atoms with E-state index < -0.39 is 0 Å². The van der Waals surface area contributed by atoms with Crippen LogP contribution >= 0.6 is 0 Å². The lowest BCUT2D eigenvalue weighted by atomic mass is 9.91. The molecule has 2 rings (SSSR count). The Morgan fingerprint density at radius 1 is 1.36 bits per heavy atom. The number of likely N-dealkylation sites (tertiary alicyclic amines) is 1. The fourth-order valence-electron chi connectivity index (χ4n) is 2.56. The number of amides is 1. The molecule has 1 aliphatic rings. The van der Waals surface area contributed by atoms with Crippen molar-refractivity contribution in [2.24, 2.45) is 5.41 Å². The van der Waals surface area contributed by atoms with E-state index in [0.717, 1.165) is 31.4 Å². The predicted octanol–water partition coefficient (Wildman–Crippen LogP) is 2.85. The number of ether oxygens (including phenoxy) is 1. The summed E-state index contributed by atoms with van der Waals surface area (Å²) in [5, 5.41) is 0. The number of rotatable bonds is 4. The molecule has 2 heterocycles. The number of carbonyl (C=O) groups excluding carboxylic acids is 1. The Labute approximate surface area is 133 Å². The number of aryl methyl sites for hydroxylation is 1. The summed E-state index contributed by atoms with van der Waals surface area (Å²) in [6.07, 6.45) is 6.98. The van der Waals surface area contributed by atoms with Crippen LogP contribution in [0.15, 0.2) is 12.4 Å². The number of nitrogens with zero attached hydrogens (tertiary/aromatic N) is 3. The molecular weight excluding hydrogens is 278 g/mol. The number of carbonyl (C=O) groups is 1. The van der Waals surface area contributed by atoms with Gasteiger partial charge in [0.15, 0.2) is 0 Å². The Kier molecular flexibility index (Phi) is 5.37. The molecule has 0 N–H and O–H groups in total. The lowest BCUT2D eigenvalue weighted by molar-refractivity contribution is -0.135. The predicted molar refractivity (Wildman–Crippen MR) is 85.7 cm³/mol. The van der Waals surface area contributed by atoms with Crippen molar-refractivity contribution in [2.75, 3.05) is 13.1 Å². The molecule has 0 saturated carbocycles. The first kappa shape index (κ1) is 16.7. The van der Waals surface area contributed by atoms with Gasteiger partial charge in [-0.15, -0.1) is 0 Å². The highest BCUT2D eigenvalue weighted by Gasteiger charge is 2.27. The number of piperidine rings is 1. The first-order chi connectivity index (χ1) is 10.4. The Hall–Kier alpha value is -1.65. The van der Waals surface area contributed by atoms with E-state index in [0.29, 0.717) is 19.0 Å². The molecule has 5 nitrogen and oxygen atoms in total. The SMILES string of the molecule is CCc1cnc(OC2CCCN(C(=O)CC(C)(C)C)C2)nc1. The van der Waals surface area contributed by atoms with Gasteiger partial charge in [-0.05, 0) is 30.2 Å². The summed E-state index contributed by atoms with van der Waals surface area (Å²) >= 11 is 0. The van der Waals surface area contributed by atoms with Gasteiger partial charge in [0.05, 0.1) is 6.54 Å². The van der Waals surface area contributed by atoms with E-state index in [1.807, 2.05) is 4.90 Å². The highest BCUT2D eigenvalue weighted by atomic mass is 16.5. The molecule has 1 saturated heterocycles. The summed E-state index contributed by atoms with van der Waals surface area (Å²) in [5.41, 5.74) is 1.11. The summed E-state index contributed by atoms with van der Waals surface area (Å²) in [6.45, 7) is 9.79. The van der Waals surface area contributed by atoms with E-state index in [4.69, 9.17) is 4.74 Å². The van der Waals surface area contributed by atoms with E-state index in [2.05, 4.69) is 37.7 Å². The van der Waals surface area contributed by atoms with Gasteiger partial charge >= 0.3 is 6.01 Å². The number of hydrogen-bond donors (Lipinski definition) is 0. The van der Waals surface area contributed by atoms with E-state index in [-0.39, 0.29) is 17.4 Å². The van der Waals surface area contributed by atoms with Crippen LogP contribution in [0.2, 0.25) is 0 Å². The summed E-state index contributed by atoms with van der Waals surface area (Å²) < 4.78 is 5.85. The molecule has 0 spiro atoms. The van der Waals surface area contributed by atoms with Gasteiger partial charge in [-0.2, -0.15) is 0 Å². The maximum atomic E-state index is 12.3. The zero-order chi connectivity index (χ0) is 16.2. The Morgan fingerprint density at radius 2 is 2.05 bits per heavy atom. The fraction of sp³-hybridized carbons (Fsp3) is 0.706. The van der Waals surface area contributed by atoms with Crippen molar-refractivity contribution in [3.63, 3.8) is 0 Å². The minimum absolute atomic E-state index is 0.00913. The van der Waals surface area contributed by atoms with Crippen molar-refractivity contribution in [1.82, 2.24) is 14.9 Å². The normalized spacial score (nSPS) is 19.1. The van der Waals surface area contributed by atoms with Crippen molar-refractivity contribution in [1.29, 1.82) is 0 Å². The van der Waals surface area contributed by atoms with Gasteiger partial charge in [-0.3, -0.25) is 4.79 Å². The molecule has 1 aliphatic heterocycles. The molecule has 0 radical (unpaired) electrons. The summed E-state index contributed by atoms with van der Waals surface area (Å²) in [7, 11) is 0. The van der Waals surface area contributed by atoms with Gasteiger partial charge in [-0.1, -0.05) is 27.7 Å².